The Hall–Kier alpha value is -0.0800. The Morgan fingerprint density at radius 2 is 2.38 bits per heavy atom. The molecular weight excluding hydrogens is 100 g/mol. The summed E-state index contributed by atoms with van der Waals surface area (Å²) in [6.45, 7) is 2.60. The lowest BCUT2D eigenvalue weighted by Gasteiger charge is -2.61. The Morgan fingerprint density at radius 1 is 1.62 bits per heavy atom. The molecule has 8 heavy (non-hydrogen) atoms. The third-order valence-corrected chi connectivity index (χ3v) is 2.86. The zero-order chi connectivity index (χ0) is 5.78. The molecule has 2 saturated heterocycles. The molecule has 2 N–H and O–H groups in total. The summed E-state index contributed by atoms with van der Waals surface area (Å²) in [6.07, 6.45) is 1.37. The van der Waals surface area contributed by atoms with E-state index in [1.54, 1.807) is 0 Å². The van der Waals surface area contributed by atoms with Crippen LogP contribution in [0.25, 0.3) is 0 Å². The van der Waals surface area contributed by atoms with Gasteiger partial charge in [0.15, 0.2) is 0 Å². The molecule has 0 aromatic carbocycles. The summed E-state index contributed by atoms with van der Waals surface area (Å²) in [5, 5.41) is 0. The molecule has 0 aliphatic carbocycles. The fourth-order valence-electron chi connectivity index (χ4n) is 2.09. The van der Waals surface area contributed by atoms with E-state index in [1.165, 1.54) is 24.0 Å². The number of nitrogens with zero attached hydrogens (tertiary/aromatic N) is 1. The number of piperidine rings is 1. The second kappa shape index (κ2) is 1.09. The Balaban J connectivity index is 2.08. The SMILES string of the molecule is C[N+]12CCC1C(N)C2. The van der Waals surface area contributed by atoms with Crippen molar-refractivity contribution in [3.05, 3.63) is 0 Å². The van der Waals surface area contributed by atoms with Gasteiger partial charge < -0.3 is 10.2 Å². The zero-order valence-electron chi connectivity index (χ0n) is 5.30. The van der Waals surface area contributed by atoms with Crippen LogP contribution in [0.3, 0.4) is 0 Å². The minimum Gasteiger partial charge on any atom is -0.320 e. The highest BCUT2D eigenvalue weighted by Gasteiger charge is 2.56. The fraction of sp³-hybridized carbons (Fsp3) is 1.00. The minimum atomic E-state index is 0.536. The molecule has 0 aromatic rings. The third-order valence-electron chi connectivity index (χ3n) is 2.86. The number of quaternary nitrogens is 1. The van der Waals surface area contributed by atoms with Gasteiger partial charge in [0, 0.05) is 0 Å². The maximum atomic E-state index is 5.73. The summed E-state index contributed by atoms with van der Waals surface area (Å²) in [6, 6.07) is 1.38. The van der Waals surface area contributed by atoms with E-state index in [0.29, 0.717) is 6.04 Å². The summed E-state index contributed by atoms with van der Waals surface area (Å²) in [5.74, 6) is 0. The number of hydrogen-bond donors (Lipinski definition) is 1. The molecule has 2 heterocycles. The quantitative estimate of drug-likeness (QED) is 0.423. The predicted octanol–water partition coefficient (Wildman–Crippen LogP) is -0.454. The average molecular weight is 113 g/mol. The summed E-state index contributed by atoms with van der Waals surface area (Å²) >= 11 is 0. The molecule has 3 unspecified atom stereocenters. The summed E-state index contributed by atoms with van der Waals surface area (Å²) in [5.41, 5.74) is 5.73. The van der Waals surface area contributed by atoms with Crippen LogP contribution in [0, 0.1) is 0 Å². The Morgan fingerprint density at radius 3 is 2.38 bits per heavy atom. The molecule has 2 heteroatoms. The Bertz CT molecular complexity index is 124. The van der Waals surface area contributed by atoms with Gasteiger partial charge in [-0.15, -0.1) is 0 Å². The largest absolute Gasteiger partial charge is 0.320 e. The number of fused-ring (bicyclic) bond motifs is 1. The second-order valence-corrected chi connectivity index (χ2v) is 3.41. The lowest BCUT2D eigenvalue weighted by atomic mass is 9.82. The van der Waals surface area contributed by atoms with Crippen LogP contribution in [0.15, 0.2) is 0 Å². The van der Waals surface area contributed by atoms with Crippen molar-refractivity contribution in [3.63, 3.8) is 0 Å². The van der Waals surface area contributed by atoms with Gasteiger partial charge in [0.2, 0.25) is 0 Å². The first-order chi connectivity index (χ1) is 3.72. The van der Waals surface area contributed by atoms with Crippen LogP contribution in [0.2, 0.25) is 0 Å². The van der Waals surface area contributed by atoms with Crippen LogP contribution in [0.4, 0.5) is 0 Å². The van der Waals surface area contributed by atoms with Crippen molar-refractivity contribution in [1.29, 1.82) is 0 Å². The van der Waals surface area contributed by atoms with Crippen LogP contribution in [-0.4, -0.2) is 36.7 Å². The van der Waals surface area contributed by atoms with E-state index in [0.717, 1.165) is 6.04 Å². The van der Waals surface area contributed by atoms with Gasteiger partial charge in [-0.2, -0.15) is 0 Å². The van der Waals surface area contributed by atoms with Crippen molar-refractivity contribution in [3.8, 4) is 0 Å². The molecule has 0 bridgehead atoms. The first-order valence-corrected chi connectivity index (χ1v) is 3.32. The topological polar surface area (TPSA) is 26.0 Å². The second-order valence-electron chi connectivity index (χ2n) is 3.41. The van der Waals surface area contributed by atoms with Gasteiger partial charge in [-0.25, -0.2) is 0 Å². The number of nitrogens with two attached hydrogens (primary N) is 1. The van der Waals surface area contributed by atoms with Crippen molar-refractivity contribution >= 4 is 0 Å². The highest BCUT2D eigenvalue weighted by molar-refractivity contribution is 4.89. The molecule has 0 aromatic heterocycles. The standard InChI is InChI=1S/C6H13N2/c1-8-3-2-6(8)5(7)4-8/h5-6H,2-4,7H2,1H3/q+1. The van der Waals surface area contributed by atoms with Crippen LogP contribution >= 0.6 is 0 Å². The number of hydrogen-bond acceptors (Lipinski definition) is 1. The summed E-state index contributed by atoms with van der Waals surface area (Å²) < 4.78 is 1.28. The number of rotatable bonds is 0. The Kier molecular flexibility index (Phi) is 0.649. The molecule has 2 fully saturated rings. The highest BCUT2D eigenvalue weighted by atomic mass is 15.5. The van der Waals surface area contributed by atoms with Gasteiger partial charge in [0.1, 0.15) is 12.1 Å². The van der Waals surface area contributed by atoms with E-state index in [4.69, 9.17) is 5.73 Å². The van der Waals surface area contributed by atoms with E-state index in [2.05, 4.69) is 7.05 Å². The molecule has 0 saturated carbocycles. The highest BCUT2D eigenvalue weighted by Crippen LogP contribution is 2.36. The molecule has 2 nitrogen and oxygen atoms in total. The Labute approximate surface area is 49.9 Å². The molecule has 0 spiro atoms. The van der Waals surface area contributed by atoms with E-state index in [9.17, 15) is 0 Å². The molecule has 2 rings (SSSR count). The van der Waals surface area contributed by atoms with Crippen LogP contribution in [0.1, 0.15) is 6.42 Å². The van der Waals surface area contributed by atoms with E-state index in [-0.39, 0.29) is 0 Å². The maximum absolute atomic E-state index is 5.73. The molecular formula is C6H13N2+. The first-order valence-electron chi connectivity index (χ1n) is 3.32. The van der Waals surface area contributed by atoms with Crippen LogP contribution < -0.4 is 5.73 Å². The van der Waals surface area contributed by atoms with Crippen molar-refractivity contribution in [2.24, 2.45) is 5.73 Å². The van der Waals surface area contributed by atoms with Gasteiger partial charge in [0.05, 0.1) is 26.6 Å². The van der Waals surface area contributed by atoms with Crippen molar-refractivity contribution in [1.82, 2.24) is 0 Å². The van der Waals surface area contributed by atoms with Crippen LogP contribution in [-0.2, 0) is 0 Å². The summed E-state index contributed by atoms with van der Waals surface area (Å²) in [4.78, 5) is 0. The first kappa shape index (κ1) is 4.77. The monoisotopic (exact) mass is 113 g/mol. The normalized spacial score (nSPS) is 60.8. The van der Waals surface area contributed by atoms with E-state index >= 15 is 0 Å². The molecule has 0 amide bonds. The van der Waals surface area contributed by atoms with Crippen molar-refractivity contribution < 1.29 is 4.48 Å². The maximum Gasteiger partial charge on any atom is 0.115 e. The zero-order valence-corrected chi connectivity index (χ0v) is 5.30. The van der Waals surface area contributed by atoms with Crippen molar-refractivity contribution in [2.45, 2.75) is 18.5 Å². The van der Waals surface area contributed by atoms with Gasteiger partial charge >= 0.3 is 0 Å². The molecule has 0 radical (unpaired) electrons. The van der Waals surface area contributed by atoms with E-state index < -0.39 is 0 Å². The third kappa shape index (κ3) is 0.327. The van der Waals surface area contributed by atoms with Gasteiger partial charge in [-0.1, -0.05) is 0 Å². The minimum absolute atomic E-state index is 0.536. The van der Waals surface area contributed by atoms with Gasteiger partial charge in [-0.3, -0.25) is 0 Å². The fourth-order valence-corrected chi connectivity index (χ4v) is 2.09. The molecule has 3 atom stereocenters. The molecule has 2 aliphatic heterocycles. The van der Waals surface area contributed by atoms with Crippen molar-refractivity contribution in [2.75, 3.05) is 20.1 Å². The lowest BCUT2D eigenvalue weighted by Crippen LogP contribution is -2.81. The smallest absolute Gasteiger partial charge is 0.115 e. The molecule has 46 valence electrons. The average Bonchev–Trinajstić information content (AvgIpc) is 1.64. The van der Waals surface area contributed by atoms with Crippen LogP contribution in [0.5, 0.6) is 0 Å². The predicted molar refractivity (Wildman–Crippen MR) is 32.3 cm³/mol. The summed E-state index contributed by atoms with van der Waals surface area (Å²) in [7, 11) is 2.30. The van der Waals surface area contributed by atoms with E-state index in [1.807, 2.05) is 0 Å². The van der Waals surface area contributed by atoms with Gasteiger partial charge in [0.25, 0.3) is 0 Å². The lowest BCUT2D eigenvalue weighted by molar-refractivity contribution is -1.01. The number of likely N-dealkylation sites (N-methyl/N-ethyl adjacent to an activating group) is 1. The molecule has 2 aliphatic rings. The van der Waals surface area contributed by atoms with Gasteiger partial charge in [-0.05, 0) is 0 Å².